The van der Waals surface area contributed by atoms with Crippen molar-refractivity contribution in [3.05, 3.63) is 102 Å². The smallest absolute Gasteiger partial charge is 0.232 e. The lowest BCUT2D eigenvalue weighted by Gasteiger charge is -2.28. The van der Waals surface area contributed by atoms with Crippen LogP contribution in [0.2, 0.25) is 0 Å². The van der Waals surface area contributed by atoms with Gasteiger partial charge in [-0.25, -0.2) is 26.6 Å². The van der Waals surface area contributed by atoms with Crippen LogP contribution in [0.1, 0.15) is 17.0 Å². The van der Waals surface area contributed by atoms with Crippen molar-refractivity contribution >= 4 is 0 Å². The first kappa shape index (κ1) is 20.6. The van der Waals surface area contributed by atoms with Gasteiger partial charge in [0.2, 0.25) is 0 Å². The first-order valence-corrected chi connectivity index (χ1v) is 9.24. The first-order valence-electron chi connectivity index (χ1n) is 9.24. The Balaban J connectivity index is 1.71. The van der Waals surface area contributed by atoms with Crippen LogP contribution in [0, 0.1) is 17.5 Å². The number of hydrogen-bond acceptors (Lipinski definition) is 3. The Morgan fingerprint density at radius 1 is 0.806 bits per heavy atom. The van der Waals surface area contributed by atoms with E-state index in [1.807, 2.05) is 0 Å². The van der Waals surface area contributed by atoms with Crippen molar-refractivity contribution in [2.45, 2.75) is 18.4 Å². The molecule has 31 heavy (non-hydrogen) atoms. The minimum absolute atomic E-state index is 0.357. The van der Waals surface area contributed by atoms with Gasteiger partial charge in [-0.2, -0.15) is 0 Å². The molecule has 4 aromatic rings. The van der Waals surface area contributed by atoms with Gasteiger partial charge in [-0.3, -0.25) is 0 Å². The Morgan fingerprint density at radius 3 is 2.00 bits per heavy atom. The molecular formula is C22H15F5N4. The largest absolute Gasteiger partial charge is 0.281 e. The number of rotatable bonds is 6. The van der Waals surface area contributed by atoms with Crippen LogP contribution in [-0.4, -0.2) is 20.2 Å². The van der Waals surface area contributed by atoms with Gasteiger partial charge in [-0.15, -0.1) is 5.10 Å². The fraction of sp³-hybridized carbons (Fsp3) is 0.136. The molecule has 0 aliphatic rings. The average Bonchev–Trinajstić information content (AvgIpc) is 3.26. The van der Waals surface area contributed by atoms with E-state index < -0.39 is 35.8 Å². The second-order valence-corrected chi connectivity index (χ2v) is 6.96. The minimum Gasteiger partial charge on any atom is -0.232 e. The van der Waals surface area contributed by atoms with Gasteiger partial charge in [-0.05, 0) is 45.3 Å². The zero-order chi connectivity index (χ0) is 22.0. The van der Waals surface area contributed by atoms with Gasteiger partial charge in [0, 0.05) is 11.6 Å². The summed E-state index contributed by atoms with van der Waals surface area (Å²) in [5.74, 6) is -7.59. The molecule has 1 atom stereocenters. The van der Waals surface area contributed by atoms with E-state index >= 15 is 8.78 Å². The predicted molar refractivity (Wildman–Crippen MR) is 103 cm³/mol. The van der Waals surface area contributed by atoms with Crippen LogP contribution in [0.15, 0.2) is 73.1 Å². The summed E-state index contributed by atoms with van der Waals surface area (Å²) in [6.45, 7) is -0.428. The third kappa shape index (κ3) is 4.30. The normalized spacial score (nSPS) is 12.7. The van der Waals surface area contributed by atoms with E-state index in [9.17, 15) is 13.2 Å². The molecule has 0 radical (unpaired) electrons. The summed E-state index contributed by atoms with van der Waals surface area (Å²) in [6.07, 6.45) is 1.14. The van der Waals surface area contributed by atoms with E-state index in [4.69, 9.17) is 0 Å². The van der Waals surface area contributed by atoms with Gasteiger partial charge in [0.15, 0.2) is 0 Å². The number of tetrazole rings is 1. The van der Waals surface area contributed by atoms with Crippen molar-refractivity contribution < 1.29 is 22.0 Å². The summed E-state index contributed by atoms with van der Waals surface area (Å²) < 4.78 is 73.1. The van der Waals surface area contributed by atoms with Crippen LogP contribution >= 0.6 is 0 Å². The zero-order valence-electron chi connectivity index (χ0n) is 15.9. The highest BCUT2D eigenvalue weighted by molar-refractivity contribution is 5.63. The molecule has 4 rings (SSSR count). The fourth-order valence-electron chi connectivity index (χ4n) is 3.37. The summed E-state index contributed by atoms with van der Waals surface area (Å²) >= 11 is 0. The second-order valence-electron chi connectivity index (χ2n) is 6.96. The zero-order valence-corrected chi connectivity index (χ0v) is 15.9. The molecule has 0 aliphatic heterocycles. The molecule has 0 saturated carbocycles. The average molecular weight is 430 g/mol. The molecule has 0 N–H and O–H groups in total. The van der Waals surface area contributed by atoms with Gasteiger partial charge in [-0.1, -0.05) is 42.5 Å². The van der Waals surface area contributed by atoms with Crippen LogP contribution in [0.5, 0.6) is 0 Å². The van der Waals surface area contributed by atoms with E-state index in [0.29, 0.717) is 17.2 Å². The van der Waals surface area contributed by atoms with Crippen molar-refractivity contribution in [3.63, 3.8) is 0 Å². The molecule has 1 heterocycles. The predicted octanol–water partition coefficient (Wildman–Crippen LogP) is 5.33. The molecule has 158 valence electrons. The van der Waals surface area contributed by atoms with Crippen molar-refractivity contribution in [1.82, 2.24) is 20.2 Å². The van der Waals surface area contributed by atoms with Gasteiger partial charge in [0.05, 0.1) is 12.5 Å². The van der Waals surface area contributed by atoms with Gasteiger partial charge in [0.1, 0.15) is 23.8 Å². The highest BCUT2D eigenvalue weighted by Gasteiger charge is 2.44. The number of hydrogen-bond donors (Lipinski definition) is 0. The van der Waals surface area contributed by atoms with E-state index in [1.165, 1.54) is 48.5 Å². The molecule has 0 amide bonds. The summed E-state index contributed by atoms with van der Waals surface area (Å²) in [4.78, 5) is 0. The summed E-state index contributed by atoms with van der Waals surface area (Å²) in [5, 5.41) is 10.4. The van der Waals surface area contributed by atoms with Gasteiger partial charge in [0.25, 0.3) is 5.92 Å². The third-order valence-corrected chi connectivity index (χ3v) is 4.98. The number of benzene rings is 3. The quantitative estimate of drug-likeness (QED) is 0.388. The van der Waals surface area contributed by atoms with Crippen LogP contribution < -0.4 is 0 Å². The summed E-state index contributed by atoms with van der Waals surface area (Å²) in [6, 6.07) is 13.5. The number of alkyl halides is 2. The van der Waals surface area contributed by atoms with Crippen LogP contribution in [0.4, 0.5) is 22.0 Å². The van der Waals surface area contributed by atoms with E-state index in [1.54, 1.807) is 0 Å². The molecule has 0 saturated heterocycles. The maximum Gasteiger partial charge on any atom is 0.281 e. The lowest BCUT2D eigenvalue weighted by molar-refractivity contribution is -0.0414. The second kappa shape index (κ2) is 8.25. The molecule has 1 aromatic heterocycles. The van der Waals surface area contributed by atoms with Crippen molar-refractivity contribution in [2.75, 3.05) is 0 Å². The Bertz CT molecular complexity index is 1160. The molecule has 3 aromatic carbocycles. The highest BCUT2D eigenvalue weighted by atomic mass is 19.3. The van der Waals surface area contributed by atoms with Crippen LogP contribution in [-0.2, 0) is 12.5 Å². The van der Waals surface area contributed by atoms with Gasteiger partial charge < -0.3 is 0 Å². The first-order chi connectivity index (χ1) is 14.8. The Morgan fingerprint density at radius 2 is 1.42 bits per heavy atom. The molecule has 0 aliphatic carbocycles. The Labute approximate surface area is 174 Å². The van der Waals surface area contributed by atoms with E-state index in [0.717, 1.165) is 23.1 Å². The number of nitrogens with zero attached hydrogens (tertiary/aromatic N) is 4. The minimum atomic E-state index is -3.54. The fourth-order valence-corrected chi connectivity index (χ4v) is 3.37. The van der Waals surface area contributed by atoms with Crippen LogP contribution in [0.25, 0.3) is 11.1 Å². The topological polar surface area (TPSA) is 43.6 Å². The van der Waals surface area contributed by atoms with Crippen LogP contribution in [0.3, 0.4) is 0 Å². The highest BCUT2D eigenvalue weighted by Crippen LogP contribution is 2.44. The Hall–Kier alpha value is -3.62. The summed E-state index contributed by atoms with van der Waals surface area (Å²) in [5.41, 5.74) is 0.556. The molecule has 4 nitrogen and oxygen atoms in total. The molecule has 0 fully saturated rings. The maximum atomic E-state index is 15.6. The summed E-state index contributed by atoms with van der Waals surface area (Å²) in [7, 11) is 0. The molecule has 0 spiro atoms. The standard InChI is InChI=1S/C22H15F5N4/c23-17-7-3-15(4-8-17)14-1-5-16(6-2-14)22(26,27)20(12-31-13-28-29-30-31)19-10-9-18(24)11-21(19)25/h1-11,13,20H,12H2. The molecule has 1 unspecified atom stereocenters. The van der Waals surface area contributed by atoms with E-state index in [-0.39, 0.29) is 11.1 Å². The maximum absolute atomic E-state index is 15.6. The monoisotopic (exact) mass is 430 g/mol. The SMILES string of the molecule is Fc1ccc(-c2ccc(C(F)(F)C(Cn3cnnn3)c3ccc(F)cc3F)cc2)cc1. The van der Waals surface area contributed by atoms with Crippen molar-refractivity contribution in [2.24, 2.45) is 0 Å². The Kier molecular flexibility index (Phi) is 5.50. The lowest BCUT2D eigenvalue weighted by atomic mass is 9.87. The van der Waals surface area contributed by atoms with Crippen molar-refractivity contribution in [3.8, 4) is 11.1 Å². The number of halogens is 5. The molecule has 0 bridgehead atoms. The molecule has 9 heteroatoms. The lowest BCUT2D eigenvalue weighted by Crippen LogP contribution is -2.29. The number of aromatic nitrogens is 4. The van der Waals surface area contributed by atoms with E-state index in [2.05, 4.69) is 15.5 Å². The van der Waals surface area contributed by atoms with Crippen molar-refractivity contribution in [1.29, 1.82) is 0 Å². The third-order valence-electron chi connectivity index (χ3n) is 4.98. The molecular weight excluding hydrogens is 415 g/mol. The van der Waals surface area contributed by atoms with Gasteiger partial charge >= 0.3 is 0 Å².